The first-order valence-electron chi connectivity index (χ1n) is 6.71. The van der Waals surface area contributed by atoms with Crippen molar-refractivity contribution in [2.24, 2.45) is 11.1 Å². The predicted molar refractivity (Wildman–Crippen MR) is 76.4 cm³/mol. The minimum atomic E-state index is 0.0534. The number of carbonyl (C=O) groups is 1. The van der Waals surface area contributed by atoms with Gasteiger partial charge in [0, 0.05) is 19.2 Å². The van der Waals surface area contributed by atoms with Crippen LogP contribution in [0.25, 0.3) is 0 Å². The lowest BCUT2D eigenvalue weighted by Crippen LogP contribution is -2.42. The number of hydrogen-bond donors (Lipinski definition) is 1. The number of rotatable bonds is 5. The van der Waals surface area contributed by atoms with Gasteiger partial charge in [0.1, 0.15) is 5.75 Å². The first-order valence-corrected chi connectivity index (χ1v) is 6.71. The highest BCUT2D eigenvalue weighted by molar-refractivity contribution is 5.93. The molecule has 0 unspecified atom stereocenters. The molecule has 1 aliphatic rings. The molecule has 0 radical (unpaired) electrons. The second kappa shape index (κ2) is 5.61. The number of benzene rings is 1. The summed E-state index contributed by atoms with van der Waals surface area (Å²) in [6.07, 6.45) is 3.89. The largest absolute Gasteiger partial charge is 0.497 e. The number of nitrogens with zero attached hydrogens (tertiary/aromatic N) is 1. The highest BCUT2D eigenvalue weighted by atomic mass is 16.5. The molecule has 0 bridgehead atoms. The van der Waals surface area contributed by atoms with Crippen LogP contribution < -0.4 is 15.4 Å². The number of hydrogen-bond acceptors (Lipinski definition) is 3. The van der Waals surface area contributed by atoms with Gasteiger partial charge in [0.05, 0.1) is 7.11 Å². The van der Waals surface area contributed by atoms with Crippen LogP contribution in [0.4, 0.5) is 5.69 Å². The molecule has 2 N–H and O–H groups in total. The molecule has 1 fully saturated rings. The van der Waals surface area contributed by atoms with Crippen molar-refractivity contribution in [3.05, 3.63) is 24.3 Å². The van der Waals surface area contributed by atoms with Crippen molar-refractivity contribution in [1.82, 2.24) is 0 Å². The second-order valence-corrected chi connectivity index (χ2v) is 5.39. The molecule has 1 amide bonds. The van der Waals surface area contributed by atoms with Crippen LogP contribution in [0.15, 0.2) is 24.3 Å². The minimum absolute atomic E-state index is 0.0534. The van der Waals surface area contributed by atoms with Gasteiger partial charge in [-0.05, 0) is 49.1 Å². The Hall–Kier alpha value is -1.55. The van der Waals surface area contributed by atoms with Crippen LogP contribution >= 0.6 is 0 Å². The normalized spacial score (nSPS) is 16.6. The van der Waals surface area contributed by atoms with E-state index in [0.29, 0.717) is 13.0 Å². The average Bonchev–Trinajstić information content (AvgIpc) is 2.42. The van der Waals surface area contributed by atoms with Gasteiger partial charge in [-0.2, -0.15) is 0 Å². The summed E-state index contributed by atoms with van der Waals surface area (Å²) in [6, 6.07) is 7.52. The van der Waals surface area contributed by atoms with Crippen molar-refractivity contribution in [2.45, 2.75) is 25.7 Å². The van der Waals surface area contributed by atoms with Crippen molar-refractivity contribution >= 4 is 11.6 Å². The molecular weight excluding hydrogens is 240 g/mol. The standard InChI is InChI=1S/C15H22N2O2/c1-17(12-4-6-13(19-2)7-5-12)14(18)10-15(11-16)8-3-9-15/h4-7H,3,8-11,16H2,1-2H3. The molecular formula is C15H22N2O2. The zero-order valence-corrected chi connectivity index (χ0v) is 11.7. The maximum Gasteiger partial charge on any atom is 0.227 e. The molecule has 2 rings (SSSR count). The lowest BCUT2D eigenvalue weighted by Gasteiger charge is -2.41. The van der Waals surface area contributed by atoms with Gasteiger partial charge >= 0.3 is 0 Å². The van der Waals surface area contributed by atoms with Crippen LogP contribution in [0, 0.1) is 5.41 Å². The number of anilines is 1. The quantitative estimate of drug-likeness (QED) is 0.885. The predicted octanol–water partition coefficient (Wildman–Crippen LogP) is 2.18. The van der Waals surface area contributed by atoms with Crippen molar-refractivity contribution < 1.29 is 9.53 Å². The summed E-state index contributed by atoms with van der Waals surface area (Å²) in [5.74, 6) is 0.928. The second-order valence-electron chi connectivity index (χ2n) is 5.39. The third kappa shape index (κ3) is 2.89. The van der Waals surface area contributed by atoms with Crippen LogP contribution in [-0.4, -0.2) is 26.6 Å². The fourth-order valence-corrected chi connectivity index (χ4v) is 2.52. The summed E-state index contributed by atoms with van der Waals surface area (Å²) in [4.78, 5) is 14.0. The van der Waals surface area contributed by atoms with Crippen LogP contribution in [0.5, 0.6) is 5.75 Å². The molecule has 1 aliphatic carbocycles. The van der Waals surface area contributed by atoms with Gasteiger partial charge in [-0.15, -0.1) is 0 Å². The van der Waals surface area contributed by atoms with E-state index >= 15 is 0 Å². The molecule has 4 nitrogen and oxygen atoms in total. The zero-order valence-electron chi connectivity index (χ0n) is 11.7. The zero-order chi connectivity index (χ0) is 13.9. The van der Waals surface area contributed by atoms with Gasteiger partial charge in [0.25, 0.3) is 0 Å². The molecule has 19 heavy (non-hydrogen) atoms. The summed E-state index contributed by atoms with van der Waals surface area (Å²) >= 11 is 0. The van der Waals surface area contributed by atoms with Gasteiger partial charge in [0.15, 0.2) is 0 Å². The molecule has 0 aromatic heterocycles. The molecule has 0 atom stereocenters. The summed E-state index contributed by atoms with van der Waals surface area (Å²) in [5.41, 5.74) is 6.75. The molecule has 0 heterocycles. The Balaban J connectivity index is 2.01. The molecule has 1 aromatic rings. The van der Waals surface area contributed by atoms with Gasteiger partial charge in [-0.25, -0.2) is 0 Å². The molecule has 0 saturated heterocycles. The average molecular weight is 262 g/mol. The maximum absolute atomic E-state index is 12.3. The third-order valence-electron chi connectivity index (χ3n) is 4.21. The smallest absolute Gasteiger partial charge is 0.227 e. The lowest BCUT2D eigenvalue weighted by atomic mass is 9.66. The van der Waals surface area contributed by atoms with E-state index in [1.807, 2.05) is 31.3 Å². The summed E-state index contributed by atoms with van der Waals surface area (Å²) in [6.45, 7) is 0.606. The first-order chi connectivity index (χ1) is 9.10. The summed E-state index contributed by atoms with van der Waals surface area (Å²) in [7, 11) is 3.44. The Kier molecular flexibility index (Phi) is 4.10. The van der Waals surface area contributed by atoms with Gasteiger partial charge in [0.2, 0.25) is 5.91 Å². The SMILES string of the molecule is COc1ccc(N(C)C(=O)CC2(CN)CCC2)cc1. The molecule has 1 aromatic carbocycles. The van der Waals surface area contributed by atoms with Gasteiger partial charge in [-0.3, -0.25) is 4.79 Å². The third-order valence-corrected chi connectivity index (χ3v) is 4.21. The first kappa shape index (κ1) is 13.9. The fraction of sp³-hybridized carbons (Fsp3) is 0.533. The van der Waals surface area contributed by atoms with Crippen LogP contribution in [0.1, 0.15) is 25.7 Å². The minimum Gasteiger partial charge on any atom is -0.497 e. The number of ether oxygens (including phenoxy) is 1. The van der Waals surface area contributed by atoms with Crippen LogP contribution in [-0.2, 0) is 4.79 Å². The maximum atomic E-state index is 12.3. The lowest BCUT2D eigenvalue weighted by molar-refractivity contribution is -0.121. The number of nitrogens with two attached hydrogens (primary N) is 1. The van der Waals surface area contributed by atoms with E-state index in [-0.39, 0.29) is 11.3 Å². The number of carbonyl (C=O) groups excluding carboxylic acids is 1. The van der Waals surface area contributed by atoms with E-state index in [1.165, 1.54) is 6.42 Å². The molecule has 1 saturated carbocycles. The number of methoxy groups -OCH3 is 1. The van der Waals surface area contributed by atoms with E-state index in [1.54, 1.807) is 12.0 Å². The van der Waals surface area contributed by atoms with Crippen LogP contribution in [0.2, 0.25) is 0 Å². The Morgan fingerprint density at radius 2 is 2.00 bits per heavy atom. The highest BCUT2D eigenvalue weighted by Gasteiger charge is 2.38. The Morgan fingerprint density at radius 1 is 1.37 bits per heavy atom. The van der Waals surface area contributed by atoms with Crippen LogP contribution in [0.3, 0.4) is 0 Å². The Morgan fingerprint density at radius 3 is 2.42 bits per heavy atom. The van der Waals surface area contributed by atoms with E-state index in [0.717, 1.165) is 24.3 Å². The molecule has 0 aliphatic heterocycles. The van der Waals surface area contributed by atoms with Crippen molar-refractivity contribution in [2.75, 3.05) is 25.6 Å². The summed E-state index contributed by atoms with van der Waals surface area (Å²) < 4.78 is 5.11. The van der Waals surface area contributed by atoms with E-state index in [2.05, 4.69) is 0 Å². The Bertz CT molecular complexity index is 432. The number of amides is 1. The van der Waals surface area contributed by atoms with E-state index in [9.17, 15) is 4.79 Å². The molecule has 104 valence electrons. The van der Waals surface area contributed by atoms with E-state index < -0.39 is 0 Å². The summed E-state index contributed by atoms with van der Waals surface area (Å²) in [5, 5.41) is 0. The Labute approximate surface area is 114 Å². The van der Waals surface area contributed by atoms with Gasteiger partial charge < -0.3 is 15.4 Å². The monoisotopic (exact) mass is 262 g/mol. The van der Waals surface area contributed by atoms with Crippen molar-refractivity contribution in [3.63, 3.8) is 0 Å². The van der Waals surface area contributed by atoms with Crippen molar-refractivity contribution in [1.29, 1.82) is 0 Å². The fourth-order valence-electron chi connectivity index (χ4n) is 2.52. The van der Waals surface area contributed by atoms with Gasteiger partial charge in [-0.1, -0.05) is 6.42 Å². The molecule has 0 spiro atoms. The van der Waals surface area contributed by atoms with E-state index in [4.69, 9.17) is 10.5 Å². The van der Waals surface area contributed by atoms with Crippen molar-refractivity contribution in [3.8, 4) is 5.75 Å². The molecule has 4 heteroatoms. The highest BCUT2D eigenvalue weighted by Crippen LogP contribution is 2.43. The topological polar surface area (TPSA) is 55.6 Å².